The molecule has 1 unspecified atom stereocenters. The van der Waals surface area contributed by atoms with Crippen molar-refractivity contribution in [1.82, 2.24) is 4.90 Å². The number of rotatable bonds is 11. The summed E-state index contributed by atoms with van der Waals surface area (Å²) in [6.45, 7) is 4.98. The van der Waals surface area contributed by atoms with Crippen LogP contribution in [0.15, 0.2) is 24.3 Å². The van der Waals surface area contributed by atoms with E-state index in [9.17, 15) is 9.90 Å². The molecule has 2 rings (SSSR count). The first-order chi connectivity index (χ1) is 12.3. The Morgan fingerprint density at radius 3 is 2.38 bits per heavy atom. The maximum Gasteiger partial charge on any atom is 0.451 e. The highest BCUT2D eigenvalue weighted by Gasteiger charge is 2.34. The highest BCUT2D eigenvalue weighted by molar-refractivity contribution is 6.40. The van der Waals surface area contributed by atoms with Crippen molar-refractivity contribution in [3.63, 3.8) is 0 Å². The number of hydrogen-bond acceptors (Lipinski definition) is 5. The van der Waals surface area contributed by atoms with Crippen molar-refractivity contribution in [2.75, 3.05) is 19.6 Å². The minimum atomic E-state index is -1.33. The lowest BCUT2D eigenvalue weighted by molar-refractivity contribution is -0.144. The fraction of sp³-hybridized carbons (Fsp3) is 0.632. The SMILES string of the molecule is Cc1ccc(C2CN(CCCC(N)(CCCCB(O)O)C(=O)O)C2)cc1. The number of hydrogen-bond donors (Lipinski definition) is 4. The maximum atomic E-state index is 11.5. The molecule has 5 N–H and O–H groups in total. The first-order valence-corrected chi connectivity index (χ1v) is 9.47. The molecule has 0 bridgehead atoms. The zero-order valence-corrected chi connectivity index (χ0v) is 15.6. The lowest BCUT2D eigenvalue weighted by atomic mass is 9.81. The van der Waals surface area contributed by atoms with Gasteiger partial charge in [-0.05, 0) is 44.6 Å². The van der Waals surface area contributed by atoms with Crippen LogP contribution in [0.2, 0.25) is 6.32 Å². The number of likely N-dealkylation sites (tertiary alicyclic amines) is 1. The zero-order valence-electron chi connectivity index (χ0n) is 15.6. The number of nitrogens with zero attached hydrogens (tertiary/aromatic N) is 1. The van der Waals surface area contributed by atoms with Gasteiger partial charge < -0.3 is 25.8 Å². The van der Waals surface area contributed by atoms with Crippen LogP contribution in [0.25, 0.3) is 0 Å². The summed E-state index contributed by atoms with van der Waals surface area (Å²) < 4.78 is 0. The number of unbranched alkanes of at least 4 members (excludes halogenated alkanes) is 1. The maximum absolute atomic E-state index is 11.5. The van der Waals surface area contributed by atoms with Crippen molar-refractivity contribution < 1.29 is 19.9 Å². The van der Waals surface area contributed by atoms with Crippen molar-refractivity contribution >= 4 is 13.1 Å². The minimum absolute atomic E-state index is 0.254. The Bertz CT molecular complexity index is 575. The fourth-order valence-electron chi connectivity index (χ4n) is 3.53. The Kier molecular flexibility index (Phi) is 7.64. The molecule has 0 aliphatic carbocycles. The molecule has 0 spiro atoms. The van der Waals surface area contributed by atoms with E-state index < -0.39 is 18.6 Å². The molecule has 1 aliphatic heterocycles. The number of carboxylic acid groups (broad SMARTS) is 1. The van der Waals surface area contributed by atoms with E-state index in [0.29, 0.717) is 31.6 Å². The molecule has 1 atom stereocenters. The van der Waals surface area contributed by atoms with Crippen molar-refractivity contribution in [1.29, 1.82) is 0 Å². The van der Waals surface area contributed by atoms with Gasteiger partial charge in [-0.25, -0.2) is 0 Å². The molecule has 1 heterocycles. The number of aryl methyl sites for hydroxylation is 1. The Morgan fingerprint density at radius 1 is 1.19 bits per heavy atom. The number of carbonyl (C=O) groups is 1. The highest BCUT2D eigenvalue weighted by atomic mass is 16.4. The molecular weight excluding hydrogens is 331 g/mol. The van der Waals surface area contributed by atoms with Crippen LogP contribution in [-0.2, 0) is 4.79 Å². The number of carboxylic acids is 1. The molecule has 0 saturated carbocycles. The first kappa shape index (κ1) is 20.9. The normalized spacial score (nSPS) is 17.5. The standard InChI is InChI=1S/C19H31BN2O4/c1-15-5-7-16(8-6-15)17-13-22(14-17)12-4-10-19(21,18(23)24)9-2-3-11-20(25)26/h5-8,17,25-26H,2-4,9-14,21H2,1H3,(H,23,24). The lowest BCUT2D eigenvalue weighted by Crippen LogP contribution is -2.49. The van der Waals surface area contributed by atoms with Gasteiger partial charge in [0, 0.05) is 19.0 Å². The van der Waals surface area contributed by atoms with Gasteiger partial charge in [-0.3, -0.25) is 4.79 Å². The molecule has 6 nitrogen and oxygen atoms in total. The van der Waals surface area contributed by atoms with Crippen LogP contribution >= 0.6 is 0 Å². The Balaban J connectivity index is 1.68. The van der Waals surface area contributed by atoms with Gasteiger partial charge >= 0.3 is 13.1 Å². The molecule has 1 fully saturated rings. The van der Waals surface area contributed by atoms with E-state index in [2.05, 4.69) is 36.1 Å². The molecule has 1 aromatic rings. The molecule has 7 heteroatoms. The van der Waals surface area contributed by atoms with E-state index in [4.69, 9.17) is 15.8 Å². The second-order valence-electron chi connectivity index (χ2n) is 7.66. The Morgan fingerprint density at radius 2 is 1.81 bits per heavy atom. The predicted octanol–water partition coefficient (Wildman–Crippen LogP) is 1.60. The van der Waals surface area contributed by atoms with Crippen LogP contribution in [0.4, 0.5) is 0 Å². The summed E-state index contributed by atoms with van der Waals surface area (Å²) in [5, 5.41) is 27.1. The Labute approximate surface area is 156 Å². The summed E-state index contributed by atoms with van der Waals surface area (Å²) in [6, 6.07) is 8.67. The fourth-order valence-corrected chi connectivity index (χ4v) is 3.53. The van der Waals surface area contributed by atoms with Crippen LogP contribution < -0.4 is 5.73 Å². The molecular formula is C19H31BN2O4. The van der Waals surface area contributed by atoms with Crippen molar-refractivity contribution in [3.8, 4) is 0 Å². The van der Waals surface area contributed by atoms with Crippen LogP contribution in [-0.4, -0.2) is 58.3 Å². The summed E-state index contributed by atoms with van der Waals surface area (Å²) in [5.74, 6) is -0.397. The van der Waals surface area contributed by atoms with Gasteiger partial charge in [0.15, 0.2) is 0 Å². The smallest absolute Gasteiger partial charge is 0.451 e. The van der Waals surface area contributed by atoms with E-state index in [1.807, 2.05) is 0 Å². The molecule has 26 heavy (non-hydrogen) atoms. The average molecular weight is 362 g/mol. The molecule has 0 aromatic heterocycles. The molecule has 1 aliphatic rings. The van der Waals surface area contributed by atoms with Gasteiger partial charge in [0.1, 0.15) is 5.54 Å². The predicted molar refractivity (Wildman–Crippen MR) is 103 cm³/mol. The molecule has 1 aromatic carbocycles. The van der Waals surface area contributed by atoms with Crippen molar-refractivity contribution in [2.45, 2.75) is 56.8 Å². The van der Waals surface area contributed by atoms with E-state index in [-0.39, 0.29) is 6.32 Å². The van der Waals surface area contributed by atoms with E-state index in [1.54, 1.807) is 0 Å². The van der Waals surface area contributed by atoms with Gasteiger partial charge in [-0.15, -0.1) is 0 Å². The zero-order chi connectivity index (χ0) is 19.2. The summed E-state index contributed by atoms with van der Waals surface area (Å²) in [4.78, 5) is 13.9. The van der Waals surface area contributed by atoms with Gasteiger partial charge in [0.2, 0.25) is 0 Å². The van der Waals surface area contributed by atoms with Gasteiger partial charge in [0.05, 0.1) is 0 Å². The highest BCUT2D eigenvalue weighted by Crippen LogP contribution is 2.28. The summed E-state index contributed by atoms with van der Waals surface area (Å²) in [7, 11) is -1.33. The van der Waals surface area contributed by atoms with E-state index >= 15 is 0 Å². The largest absolute Gasteiger partial charge is 0.480 e. The van der Waals surface area contributed by atoms with Crippen molar-refractivity contribution in [2.24, 2.45) is 5.73 Å². The molecule has 0 radical (unpaired) electrons. The minimum Gasteiger partial charge on any atom is -0.480 e. The van der Waals surface area contributed by atoms with Crippen LogP contribution in [0, 0.1) is 6.92 Å². The average Bonchev–Trinajstić information content (AvgIpc) is 2.54. The molecule has 144 valence electrons. The van der Waals surface area contributed by atoms with Crippen LogP contribution in [0.3, 0.4) is 0 Å². The summed E-state index contributed by atoms with van der Waals surface area (Å²) >= 11 is 0. The lowest BCUT2D eigenvalue weighted by Gasteiger charge is -2.40. The summed E-state index contributed by atoms with van der Waals surface area (Å²) in [5.41, 5.74) is 7.51. The topological polar surface area (TPSA) is 107 Å². The van der Waals surface area contributed by atoms with Crippen LogP contribution in [0.5, 0.6) is 0 Å². The number of benzene rings is 1. The van der Waals surface area contributed by atoms with Gasteiger partial charge in [0.25, 0.3) is 0 Å². The van der Waals surface area contributed by atoms with Crippen LogP contribution in [0.1, 0.15) is 49.1 Å². The van der Waals surface area contributed by atoms with Gasteiger partial charge in [-0.1, -0.05) is 42.7 Å². The third-order valence-electron chi connectivity index (χ3n) is 5.36. The second kappa shape index (κ2) is 9.51. The number of aliphatic carboxylic acids is 1. The number of nitrogens with two attached hydrogens (primary N) is 1. The van der Waals surface area contributed by atoms with Gasteiger partial charge in [-0.2, -0.15) is 0 Å². The third-order valence-corrected chi connectivity index (χ3v) is 5.36. The Hall–Kier alpha value is -1.41. The summed E-state index contributed by atoms with van der Waals surface area (Å²) in [6.07, 6.45) is 2.96. The van der Waals surface area contributed by atoms with E-state index in [0.717, 1.165) is 26.1 Å². The second-order valence-corrected chi connectivity index (χ2v) is 7.66. The van der Waals surface area contributed by atoms with E-state index in [1.165, 1.54) is 11.1 Å². The molecule has 1 saturated heterocycles. The third kappa shape index (κ3) is 6.09. The first-order valence-electron chi connectivity index (χ1n) is 9.47. The van der Waals surface area contributed by atoms with Crippen molar-refractivity contribution in [3.05, 3.63) is 35.4 Å². The quantitative estimate of drug-likeness (QED) is 0.352. The molecule has 0 amide bonds. The monoisotopic (exact) mass is 362 g/mol.